The Morgan fingerprint density at radius 1 is 1.16 bits per heavy atom. The summed E-state index contributed by atoms with van der Waals surface area (Å²) in [5.74, 6) is 0.237. The van der Waals surface area contributed by atoms with Gasteiger partial charge in [-0.25, -0.2) is 0 Å². The summed E-state index contributed by atoms with van der Waals surface area (Å²) >= 11 is 11.8. The van der Waals surface area contributed by atoms with Crippen molar-refractivity contribution in [1.29, 1.82) is 0 Å². The van der Waals surface area contributed by atoms with E-state index in [1.807, 2.05) is 37.3 Å². The number of nitrogens with one attached hydrogen (secondary N) is 1. The molecule has 0 saturated carbocycles. The SMILES string of the molecule is Cc1ccc(C(=O)Nc2ccc(CCl)cc2)c(Cl)c1. The third kappa shape index (κ3) is 3.49. The van der Waals surface area contributed by atoms with Crippen LogP contribution in [0.2, 0.25) is 5.02 Å². The van der Waals surface area contributed by atoms with Crippen LogP contribution < -0.4 is 5.32 Å². The van der Waals surface area contributed by atoms with Crippen molar-refractivity contribution >= 4 is 34.8 Å². The van der Waals surface area contributed by atoms with Crippen LogP contribution in [0.1, 0.15) is 21.5 Å². The third-order valence-corrected chi connectivity index (χ3v) is 3.36. The van der Waals surface area contributed by atoms with Gasteiger partial charge in [-0.2, -0.15) is 0 Å². The van der Waals surface area contributed by atoms with E-state index >= 15 is 0 Å². The summed E-state index contributed by atoms with van der Waals surface area (Å²) < 4.78 is 0. The van der Waals surface area contributed by atoms with Gasteiger partial charge >= 0.3 is 0 Å². The summed E-state index contributed by atoms with van der Waals surface area (Å²) in [6.45, 7) is 1.93. The molecule has 1 amide bonds. The molecule has 0 aliphatic heterocycles. The van der Waals surface area contributed by atoms with E-state index < -0.39 is 0 Å². The molecule has 0 spiro atoms. The summed E-state index contributed by atoms with van der Waals surface area (Å²) in [4.78, 5) is 12.1. The van der Waals surface area contributed by atoms with Crippen molar-refractivity contribution < 1.29 is 4.79 Å². The first-order valence-corrected chi connectivity index (χ1v) is 6.74. The number of aryl methyl sites for hydroxylation is 1. The van der Waals surface area contributed by atoms with Crippen LogP contribution in [0.5, 0.6) is 0 Å². The van der Waals surface area contributed by atoms with Crippen molar-refractivity contribution in [2.45, 2.75) is 12.8 Å². The van der Waals surface area contributed by atoms with E-state index in [1.54, 1.807) is 12.1 Å². The average Bonchev–Trinajstić information content (AvgIpc) is 2.39. The Labute approximate surface area is 122 Å². The van der Waals surface area contributed by atoms with E-state index in [4.69, 9.17) is 23.2 Å². The van der Waals surface area contributed by atoms with Crippen molar-refractivity contribution in [3.05, 3.63) is 64.2 Å². The van der Waals surface area contributed by atoms with Gasteiger partial charge in [0.05, 0.1) is 10.6 Å². The predicted octanol–water partition coefficient (Wildman–Crippen LogP) is 4.64. The molecule has 2 aromatic rings. The van der Waals surface area contributed by atoms with Gasteiger partial charge in [0.25, 0.3) is 5.91 Å². The minimum absolute atomic E-state index is 0.219. The normalized spacial score (nSPS) is 10.3. The van der Waals surface area contributed by atoms with Crippen LogP contribution in [0, 0.1) is 6.92 Å². The lowest BCUT2D eigenvalue weighted by Crippen LogP contribution is -2.12. The van der Waals surface area contributed by atoms with E-state index in [1.165, 1.54) is 0 Å². The van der Waals surface area contributed by atoms with Crippen LogP contribution in [-0.4, -0.2) is 5.91 Å². The maximum Gasteiger partial charge on any atom is 0.257 e. The second-order valence-electron chi connectivity index (χ2n) is 4.27. The molecule has 0 heterocycles. The Morgan fingerprint density at radius 2 is 1.84 bits per heavy atom. The van der Waals surface area contributed by atoms with Gasteiger partial charge in [0.1, 0.15) is 0 Å². The molecule has 0 aliphatic carbocycles. The number of anilines is 1. The molecule has 0 atom stereocenters. The van der Waals surface area contributed by atoms with Gasteiger partial charge in [-0.15, -0.1) is 11.6 Å². The Kier molecular flexibility index (Phi) is 4.46. The molecule has 0 aromatic heterocycles. The quantitative estimate of drug-likeness (QED) is 0.821. The average molecular weight is 294 g/mol. The fourth-order valence-electron chi connectivity index (χ4n) is 1.68. The molecule has 2 rings (SSSR count). The molecule has 4 heteroatoms. The van der Waals surface area contributed by atoms with Crippen LogP contribution in [0.15, 0.2) is 42.5 Å². The fourth-order valence-corrected chi connectivity index (χ4v) is 2.18. The number of hydrogen-bond donors (Lipinski definition) is 1. The van der Waals surface area contributed by atoms with Gasteiger partial charge in [-0.05, 0) is 42.3 Å². The van der Waals surface area contributed by atoms with Crippen molar-refractivity contribution in [1.82, 2.24) is 0 Å². The maximum atomic E-state index is 12.1. The molecule has 19 heavy (non-hydrogen) atoms. The van der Waals surface area contributed by atoms with Crippen molar-refractivity contribution in [3.63, 3.8) is 0 Å². The molecule has 0 bridgehead atoms. The summed E-state index contributed by atoms with van der Waals surface area (Å²) in [5, 5.41) is 3.26. The summed E-state index contributed by atoms with van der Waals surface area (Å²) in [5.41, 5.74) is 3.21. The van der Waals surface area contributed by atoms with Crippen LogP contribution in [0.4, 0.5) is 5.69 Å². The van der Waals surface area contributed by atoms with E-state index in [9.17, 15) is 4.79 Å². The van der Waals surface area contributed by atoms with Crippen molar-refractivity contribution in [2.75, 3.05) is 5.32 Å². The number of carbonyl (C=O) groups is 1. The monoisotopic (exact) mass is 293 g/mol. The number of hydrogen-bond acceptors (Lipinski definition) is 1. The Bertz CT molecular complexity index is 594. The topological polar surface area (TPSA) is 29.1 Å². The standard InChI is InChI=1S/C15H13Cl2NO/c1-10-2-7-13(14(17)8-10)15(19)18-12-5-3-11(9-16)4-6-12/h2-8H,9H2,1H3,(H,18,19). The highest BCUT2D eigenvalue weighted by atomic mass is 35.5. The van der Waals surface area contributed by atoms with Crippen LogP contribution in [0.25, 0.3) is 0 Å². The second-order valence-corrected chi connectivity index (χ2v) is 4.94. The molecule has 2 nitrogen and oxygen atoms in total. The van der Waals surface area contributed by atoms with Gasteiger partial charge in [0.15, 0.2) is 0 Å². The van der Waals surface area contributed by atoms with E-state index in [-0.39, 0.29) is 5.91 Å². The maximum absolute atomic E-state index is 12.1. The van der Waals surface area contributed by atoms with Gasteiger partial charge in [-0.3, -0.25) is 4.79 Å². The highest BCUT2D eigenvalue weighted by Crippen LogP contribution is 2.19. The first-order valence-electron chi connectivity index (χ1n) is 5.82. The molecule has 0 fully saturated rings. The number of benzene rings is 2. The number of rotatable bonds is 3. The fraction of sp³-hybridized carbons (Fsp3) is 0.133. The number of alkyl halides is 1. The molecule has 98 valence electrons. The van der Waals surface area contributed by atoms with Gasteiger partial charge < -0.3 is 5.32 Å². The Balaban J connectivity index is 2.15. The molecule has 0 unspecified atom stereocenters. The van der Waals surface area contributed by atoms with Gasteiger partial charge in [0.2, 0.25) is 0 Å². The van der Waals surface area contributed by atoms with E-state index in [0.29, 0.717) is 16.5 Å². The highest BCUT2D eigenvalue weighted by molar-refractivity contribution is 6.34. The smallest absolute Gasteiger partial charge is 0.257 e. The van der Waals surface area contributed by atoms with Gasteiger partial charge in [-0.1, -0.05) is 29.8 Å². The van der Waals surface area contributed by atoms with Crippen LogP contribution in [-0.2, 0) is 5.88 Å². The zero-order chi connectivity index (χ0) is 13.8. The Hall–Kier alpha value is -1.51. The lowest BCUT2D eigenvalue weighted by Gasteiger charge is -2.07. The zero-order valence-corrected chi connectivity index (χ0v) is 11.9. The molecule has 2 aromatic carbocycles. The molecular weight excluding hydrogens is 281 g/mol. The lowest BCUT2D eigenvalue weighted by atomic mass is 10.1. The summed E-state index contributed by atoms with van der Waals surface area (Å²) in [6, 6.07) is 12.7. The largest absolute Gasteiger partial charge is 0.322 e. The minimum Gasteiger partial charge on any atom is -0.322 e. The molecular formula is C15H13Cl2NO. The molecule has 0 aliphatic rings. The van der Waals surface area contributed by atoms with E-state index in [0.717, 1.165) is 16.8 Å². The first kappa shape index (κ1) is 13.9. The second kappa shape index (κ2) is 6.09. The Morgan fingerprint density at radius 3 is 2.42 bits per heavy atom. The molecule has 1 N–H and O–H groups in total. The van der Waals surface area contributed by atoms with Crippen molar-refractivity contribution in [3.8, 4) is 0 Å². The number of halogens is 2. The van der Waals surface area contributed by atoms with Crippen LogP contribution >= 0.6 is 23.2 Å². The molecule has 0 saturated heterocycles. The van der Waals surface area contributed by atoms with Gasteiger partial charge in [0, 0.05) is 11.6 Å². The summed E-state index contributed by atoms with van der Waals surface area (Å²) in [6.07, 6.45) is 0. The zero-order valence-electron chi connectivity index (χ0n) is 10.4. The lowest BCUT2D eigenvalue weighted by molar-refractivity contribution is 0.102. The number of carbonyl (C=O) groups excluding carboxylic acids is 1. The minimum atomic E-state index is -0.219. The molecule has 0 radical (unpaired) electrons. The van der Waals surface area contributed by atoms with Crippen molar-refractivity contribution in [2.24, 2.45) is 0 Å². The third-order valence-electron chi connectivity index (χ3n) is 2.74. The van der Waals surface area contributed by atoms with E-state index in [2.05, 4.69) is 5.32 Å². The predicted molar refractivity (Wildman–Crippen MR) is 80.1 cm³/mol. The summed E-state index contributed by atoms with van der Waals surface area (Å²) in [7, 11) is 0. The van der Waals surface area contributed by atoms with Crippen LogP contribution in [0.3, 0.4) is 0 Å². The number of amides is 1. The first-order chi connectivity index (χ1) is 9.10. The highest BCUT2D eigenvalue weighted by Gasteiger charge is 2.10.